The van der Waals surface area contributed by atoms with Crippen LogP contribution in [0.25, 0.3) is 0 Å². The fourth-order valence-corrected chi connectivity index (χ4v) is 3.01. The molecule has 0 aromatic carbocycles. The Morgan fingerprint density at radius 3 is 2.17 bits per heavy atom. The zero-order chi connectivity index (χ0) is 14.6. The number of carbonyl (C=O) groups excluding carboxylic acids is 1. The molecule has 0 aromatic heterocycles. The third-order valence-corrected chi connectivity index (χ3v) is 4.21. The Kier molecular flexibility index (Phi) is 6.70. The molecule has 0 radical (unpaired) electrons. The van der Waals surface area contributed by atoms with Crippen molar-refractivity contribution >= 4 is 25.0 Å². The van der Waals surface area contributed by atoms with Gasteiger partial charge in [0.25, 0.3) is 0 Å². The van der Waals surface area contributed by atoms with E-state index in [1.807, 2.05) is 27.7 Å². The van der Waals surface area contributed by atoms with Crippen molar-refractivity contribution < 1.29 is 4.79 Å². The third-order valence-electron chi connectivity index (χ3n) is 2.20. The van der Waals surface area contributed by atoms with Gasteiger partial charge in [0.05, 0.1) is 12.0 Å². The molecule has 0 spiro atoms. The highest BCUT2D eigenvalue weighted by atomic mass is 32.2. The molecule has 0 unspecified atom stereocenters. The average Bonchev–Trinajstić information content (AvgIpc) is 2.11. The van der Waals surface area contributed by atoms with Crippen LogP contribution in [0.1, 0.15) is 34.1 Å². The van der Waals surface area contributed by atoms with Gasteiger partial charge in [-0.1, -0.05) is 65.0 Å². The molecule has 104 valence electrons. The van der Waals surface area contributed by atoms with Gasteiger partial charge in [0.2, 0.25) is 0 Å². The average molecular weight is 286 g/mol. The molecule has 0 aliphatic rings. The fraction of sp³-hybridized carbons (Fsp3) is 0.786. The maximum atomic E-state index is 12.2. The summed E-state index contributed by atoms with van der Waals surface area (Å²) in [5.41, 5.74) is 9.33. The fourth-order valence-electron chi connectivity index (χ4n) is 1.35. The number of thioether (sulfide) groups is 1. The number of rotatable bonds is 3. The smallest absolute Gasteiger partial charge is 0.195 e. The van der Waals surface area contributed by atoms with E-state index in [0.29, 0.717) is 0 Å². The van der Waals surface area contributed by atoms with Crippen LogP contribution in [0.15, 0.2) is 0 Å². The van der Waals surface area contributed by atoms with Gasteiger partial charge in [0.1, 0.15) is 8.07 Å². The van der Waals surface area contributed by atoms with Gasteiger partial charge in [-0.25, -0.2) is 0 Å². The van der Waals surface area contributed by atoms with Crippen molar-refractivity contribution in [3.63, 3.8) is 0 Å². The Morgan fingerprint density at radius 1 is 1.33 bits per heavy atom. The van der Waals surface area contributed by atoms with Crippen LogP contribution < -0.4 is 5.73 Å². The summed E-state index contributed by atoms with van der Waals surface area (Å²) >= 11 is 1.38. The Bertz CT molecular complexity index is 344. The van der Waals surface area contributed by atoms with Crippen molar-refractivity contribution in [1.29, 1.82) is 0 Å². The summed E-state index contributed by atoms with van der Waals surface area (Å²) in [5, 5.41) is 0.169. The summed E-state index contributed by atoms with van der Waals surface area (Å²) < 4.78 is -0.0591. The predicted molar refractivity (Wildman–Crippen MR) is 85.2 cm³/mol. The minimum absolute atomic E-state index is 0.0591. The molecule has 0 rings (SSSR count). The number of hydrogen-bond acceptors (Lipinski definition) is 3. The molecule has 0 saturated heterocycles. The van der Waals surface area contributed by atoms with E-state index >= 15 is 0 Å². The van der Waals surface area contributed by atoms with Gasteiger partial charge in [-0.15, -0.1) is 5.54 Å². The maximum Gasteiger partial charge on any atom is 0.195 e. The second kappa shape index (κ2) is 6.79. The number of hydrogen-bond donors (Lipinski definition) is 1. The molecule has 2 N–H and O–H groups in total. The van der Waals surface area contributed by atoms with Crippen molar-refractivity contribution in [1.82, 2.24) is 0 Å². The van der Waals surface area contributed by atoms with Gasteiger partial charge in [-0.05, 0) is 6.42 Å². The molecule has 0 aromatic rings. The first kappa shape index (κ1) is 17.8. The molecule has 2 atom stereocenters. The second-order valence-electron chi connectivity index (χ2n) is 6.59. The molecule has 0 amide bonds. The van der Waals surface area contributed by atoms with E-state index in [-0.39, 0.29) is 21.8 Å². The Morgan fingerprint density at radius 2 is 1.83 bits per heavy atom. The maximum absolute atomic E-state index is 12.2. The highest BCUT2D eigenvalue weighted by Crippen LogP contribution is 2.28. The lowest BCUT2D eigenvalue weighted by atomic mass is 10.00. The first-order chi connectivity index (χ1) is 7.96. The molecular weight excluding hydrogens is 258 g/mol. The first-order valence-electron chi connectivity index (χ1n) is 6.47. The topological polar surface area (TPSA) is 43.1 Å². The van der Waals surface area contributed by atoms with Gasteiger partial charge in [-0.2, -0.15) is 0 Å². The number of carbonyl (C=O) groups is 1. The zero-order valence-corrected chi connectivity index (χ0v) is 14.6. The van der Waals surface area contributed by atoms with E-state index in [1.54, 1.807) is 0 Å². The van der Waals surface area contributed by atoms with Crippen LogP contribution in [0.5, 0.6) is 0 Å². The molecule has 18 heavy (non-hydrogen) atoms. The van der Waals surface area contributed by atoms with E-state index in [0.717, 1.165) is 6.42 Å². The van der Waals surface area contributed by atoms with Crippen LogP contribution >= 0.6 is 11.8 Å². The van der Waals surface area contributed by atoms with Gasteiger partial charge in [-0.3, -0.25) is 4.79 Å². The van der Waals surface area contributed by atoms with Crippen molar-refractivity contribution in [2.45, 2.75) is 64.5 Å². The Labute approximate surface area is 117 Å². The summed E-state index contributed by atoms with van der Waals surface area (Å²) in [4.78, 5) is 12.2. The summed E-state index contributed by atoms with van der Waals surface area (Å²) in [7, 11) is -1.42. The van der Waals surface area contributed by atoms with E-state index < -0.39 is 8.07 Å². The molecule has 0 saturated carbocycles. The van der Waals surface area contributed by atoms with E-state index in [9.17, 15) is 4.79 Å². The van der Waals surface area contributed by atoms with E-state index in [1.165, 1.54) is 11.8 Å². The van der Waals surface area contributed by atoms with E-state index in [2.05, 4.69) is 31.1 Å². The molecule has 0 aliphatic heterocycles. The van der Waals surface area contributed by atoms with Crippen LogP contribution in [0.3, 0.4) is 0 Å². The highest BCUT2D eigenvalue weighted by Gasteiger charge is 2.27. The molecule has 0 bridgehead atoms. The van der Waals surface area contributed by atoms with Crippen LogP contribution in [0, 0.1) is 17.4 Å². The Hall–Kier alpha value is -0.243. The van der Waals surface area contributed by atoms with Crippen molar-refractivity contribution in [2.75, 3.05) is 0 Å². The molecule has 2 nitrogen and oxygen atoms in total. The highest BCUT2D eigenvalue weighted by molar-refractivity contribution is 8.14. The second-order valence-corrected chi connectivity index (χ2v) is 13.2. The molecule has 0 heterocycles. The summed E-state index contributed by atoms with van der Waals surface area (Å²) in [6.45, 7) is 14.7. The quantitative estimate of drug-likeness (QED) is 0.639. The monoisotopic (exact) mass is 285 g/mol. The number of nitrogens with two attached hydrogens (primary N) is 1. The molecular formula is C14H27NOSSi. The lowest BCUT2D eigenvalue weighted by molar-refractivity contribution is -0.114. The van der Waals surface area contributed by atoms with Crippen LogP contribution in [0.4, 0.5) is 0 Å². The van der Waals surface area contributed by atoms with Crippen molar-refractivity contribution in [3.05, 3.63) is 0 Å². The van der Waals surface area contributed by atoms with Crippen LogP contribution in [-0.4, -0.2) is 24.0 Å². The Balaban J connectivity index is 4.77. The summed E-state index contributed by atoms with van der Waals surface area (Å²) in [6, 6.07) is -0.330. The minimum Gasteiger partial charge on any atom is -0.317 e. The lowest BCUT2D eigenvalue weighted by Gasteiger charge is -2.22. The van der Waals surface area contributed by atoms with Crippen molar-refractivity contribution in [3.8, 4) is 11.5 Å². The summed E-state index contributed by atoms with van der Waals surface area (Å²) in [6.07, 6.45) is 0.753. The van der Waals surface area contributed by atoms with Crippen LogP contribution in [0.2, 0.25) is 19.6 Å². The normalized spacial score (nSPS) is 15.6. The van der Waals surface area contributed by atoms with Crippen LogP contribution in [-0.2, 0) is 4.79 Å². The summed E-state index contributed by atoms with van der Waals surface area (Å²) in [5.74, 6) is 2.94. The molecule has 0 fully saturated rings. The van der Waals surface area contributed by atoms with Gasteiger partial charge >= 0.3 is 0 Å². The van der Waals surface area contributed by atoms with Gasteiger partial charge < -0.3 is 5.73 Å². The van der Waals surface area contributed by atoms with E-state index in [4.69, 9.17) is 5.73 Å². The molecule has 0 aliphatic carbocycles. The van der Waals surface area contributed by atoms with Crippen molar-refractivity contribution in [2.24, 2.45) is 11.7 Å². The van der Waals surface area contributed by atoms with Gasteiger partial charge in [0, 0.05) is 4.75 Å². The SMILES string of the molecule is CC[C@H](C(=O)SC(C)(C)C)[C@H](N)C#C[Si](C)(C)C. The molecule has 4 heteroatoms. The first-order valence-corrected chi connectivity index (χ1v) is 10.8. The lowest BCUT2D eigenvalue weighted by Crippen LogP contribution is -2.35. The minimum atomic E-state index is -1.42. The predicted octanol–water partition coefficient (Wildman–Crippen LogP) is 3.28. The third kappa shape index (κ3) is 7.96. The largest absolute Gasteiger partial charge is 0.317 e. The standard InChI is InChI=1S/C14H27NOSSi/c1-8-11(13(16)17-14(2,3)4)12(15)9-10-18(5,6)7/h11-12H,8,15H2,1-7H3/t11-,12+/m0/s1. The van der Waals surface area contributed by atoms with Gasteiger partial charge in [0.15, 0.2) is 5.12 Å². The zero-order valence-electron chi connectivity index (χ0n) is 12.8.